The summed E-state index contributed by atoms with van der Waals surface area (Å²) in [7, 11) is -3.62. The van der Waals surface area contributed by atoms with Gasteiger partial charge in [-0.25, -0.2) is 13.1 Å². The zero-order valence-electron chi connectivity index (χ0n) is 12.8. The van der Waals surface area contributed by atoms with Crippen LogP contribution in [0.5, 0.6) is 0 Å². The van der Waals surface area contributed by atoms with Crippen molar-refractivity contribution < 1.29 is 13.2 Å². The molecular weight excluding hydrogens is 312 g/mol. The van der Waals surface area contributed by atoms with Gasteiger partial charge >= 0.3 is 0 Å². The molecule has 1 fully saturated rings. The summed E-state index contributed by atoms with van der Waals surface area (Å²) in [5.74, 6) is -0.0761. The van der Waals surface area contributed by atoms with Crippen molar-refractivity contribution in [3.63, 3.8) is 0 Å². The molecule has 2 aromatic rings. The average molecular weight is 330 g/mol. The lowest BCUT2D eigenvalue weighted by Gasteiger charge is -2.17. The number of carbonyl (C=O) groups is 1. The minimum atomic E-state index is -3.62. The third-order valence-corrected chi connectivity index (χ3v) is 5.38. The Bertz CT molecular complexity index is 801. The number of benzene rings is 2. The lowest BCUT2D eigenvalue weighted by atomic mass is 10.2. The van der Waals surface area contributed by atoms with Gasteiger partial charge in [0.1, 0.15) is 0 Å². The zero-order valence-corrected chi connectivity index (χ0v) is 13.6. The summed E-state index contributed by atoms with van der Waals surface area (Å²) in [6, 6.07) is 15.5. The molecule has 0 aliphatic carbocycles. The first-order chi connectivity index (χ1) is 11.0. The van der Waals surface area contributed by atoms with Gasteiger partial charge < -0.3 is 4.90 Å². The van der Waals surface area contributed by atoms with Crippen LogP contribution < -0.4 is 9.62 Å². The van der Waals surface area contributed by atoms with Crippen LogP contribution in [-0.4, -0.2) is 26.9 Å². The monoisotopic (exact) mass is 330 g/mol. The molecule has 0 aromatic heterocycles. The van der Waals surface area contributed by atoms with E-state index in [0.717, 1.165) is 11.3 Å². The van der Waals surface area contributed by atoms with Crippen LogP contribution in [0.2, 0.25) is 0 Å². The van der Waals surface area contributed by atoms with Gasteiger partial charge in [0.2, 0.25) is 15.9 Å². The Morgan fingerprint density at radius 3 is 2.35 bits per heavy atom. The number of sulfonamides is 1. The molecule has 1 heterocycles. The number of hydrogen-bond acceptors (Lipinski definition) is 3. The van der Waals surface area contributed by atoms with Crippen LogP contribution in [0.25, 0.3) is 0 Å². The number of anilines is 1. The van der Waals surface area contributed by atoms with Crippen LogP contribution in [0, 0.1) is 6.92 Å². The molecule has 0 bridgehead atoms. The fourth-order valence-corrected chi connectivity index (χ4v) is 3.88. The fourth-order valence-electron chi connectivity index (χ4n) is 2.65. The quantitative estimate of drug-likeness (QED) is 0.933. The predicted molar refractivity (Wildman–Crippen MR) is 88.7 cm³/mol. The minimum absolute atomic E-state index is 0.0761. The molecule has 23 heavy (non-hydrogen) atoms. The molecule has 6 heteroatoms. The molecule has 1 saturated heterocycles. The highest BCUT2D eigenvalue weighted by Gasteiger charge is 2.33. The Morgan fingerprint density at radius 1 is 1.04 bits per heavy atom. The number of nitrogens with zero attached hydrogens (tertiary/aromatic N) is 1. The van der Waals surface area contributed by atoms with E-state index >= 15 is 0 Å². The number of rotatable bonds is 4. The molecule has 1 N–H and O–H groups in total. The average Bonchev–Trinajstić information content (AvgIpc) is 2.88. The predicted octanol–water partition coefficient (Wildman–Crippen LogP) is 2.08. The van der Waals surface area contributed by atoms with Crippen molar-refractivity contribution in [3.8, 4) is 0 Å². The van der Waals surface area contributed by atoms with Crippen molar-refractivity contribution in [1.29, 1.82) is 0 Å². The van der Waals surface area contributed by atoms with E-state index in [4.69, 9.17) is 0 Å². The molecule has 5 nitrogen and oxygen atoms in total. The standard InChI is InChI=1S/C17H18N2O3S/c1-13-7-9-16(10-8-13)23(21,22)18-14-11-17(20)19(12-14)15-5-3-2-4-6-15/h2-10,14,18H,11-12H2,1H3/t14-/m0/s1. The molecule has 3 rings (SSSR count). The fraction of sp³-hybridized carbons (Fsp3) is 0.235. The summed E-state index contributed by atoms with van der Waals surface area (Å²) in [6.07, 6.45) is 0.167. The van der Waals surface area contributed by atoms with Crippen LogP contribution in [0.3, 0.4) is 0 Å². The highest BCUT2D eigenvalue weighted by Crippen LogP contribution is 2.22. The van der Waals surface area contributed by atoms with Crippen molar-refractivity contribution in [3.05, 3.63) is 60.2 Å². The summed E-state index contributed by atoms with van der Waals surface area (Å²) < 4.78 is 27.4. The molecule has 1 amide bonds. The van der Waals surface area contributed by atoms with E-state index in [9.17, 15) is 13.2 Å². The molecule has 0 spiro atoms. The molecule has 1 aliphatic heterocycles. The minimum Gasteiger partial charge on any atom is -0.311 e. The first-order valence-electron chi connectivity index (χ1n) is 7.40. The highest BCUT2D eigenvalue weighted by atomic mass is 32.2. The molecule has 1 atom stereocenters. The van der Waals surface area contributed by atoms with Gasteiger partial charge in [-0.05, 0) is 31.2 Å². The van der Waals surface area contributed by atoms with Gasteiger partial charge in [0, 0.05) is 24.7 Å². The molecular formula is C17H18N2O3S. The Hall–Kier alpha value is -2.18. The lowest BCUT2D eigenvalue weighted by Crippen LogP contribution is -2.37. The number of hydrogen-bond donors (Lipinski definition) is 1. The van der Waals surface area contributed by atoms with Crippen LogP contribution in [0.15, 0.2) is 59.5 Å². The van der Waals surface area contributed by atoms with Crippen molar-refractivity contribution >= 4 is 21.6 Å². The largest absolute Gasteiger partial charge is 0.311 e. The van der Waals surface area contributed by atoms with Crippen LogP contribution in [0.1, 0.15) is 12.0 Å². The Kier molecular flexibility index (Phi) is 4.19. The maximum absolute atomic E-state index is 12.4. The van der Waals surface area contributed by atoms with Gasteiger partial charge in [0.15, 0.2) is 0 Å². The van der Waals surface area contributed by atoms with Crippen molar-refractivity contribution in [1.82, 2.24) is 4.72 Å². The molecule has 0 radical (unpaired) electrons. The topological polar surface area (TPSA) is 66.5 Å². The Balaban J connectivity index is 1.74. The van der Waals surface area contributed by atoms with Gasteiger partial charge in [-0.15, -0.1) is 0 Å². The van der Waals surface area contributed by atoms with Crippen LogP contribution in [-0.2, 0) is 14.8 Å². The van der Waals surface area contributed by atoms with Gasteiger partial charge in [-0.1, -0.05) is 35.9 Å². The first-order valence-corrected chi connectivity index (χ1v) is 8.88. The maximum Gasteiger partial charge on any atom is 0.240 e. The molecule has 1 aliphatic rings. The number of aryl methyl sites for hydroxylation is 1. The number of amides is 1. The molecule has 2 aromatic carbocycles. The first kappa shape index (κ1) is 15.7. The Labute approximate surface area is 136 Å². The lowest BCUT2D eigenvalue weighted by molar-refractivity contribution is -0.117. The van der Waals surface area contributed by atoms with E-state index in [-0.39, 0.29) is 17.2 Å². The van der Waals surface area contributed by atoms with Crippen LogP contribution >= 0.6 is 0 Å². The summed E-state index contributed by atoms with van der Waals surface area (Å²) in [6.45, 7) is 2.24. The van der Waals surface area contributed by atoms with E-state index in [1.807, 2.05) is 37.3 Å². The van der Waals surface area contributed by atoms with Gasteiger partial charge in [0.25, 0.3) is 0 Å². The van der Waals surface area contributed by atoms with Gasteiger partial charge in [-0.2, -0.15) is 0 Å². The van der Waals surface area contributed by atoms with Crippen molar-refractivity contribution in [2.24, 2.45) is 0 Å². The van der Waals surface area contributed by atoms with Crippen LogP contribution in [0.4, 0.5) is 5.69 Å². The van der Waals surface area contributed by atoms with E-state index in [0.29, 0.717) is 6.54 Å². The third kappa shape index (κ3) is 3.43. The second-order valence-electron chi connectivity index (χ2n) is 5.68. The van der Waals surface area contributed by atoms with E-state index < -0.39 is 16.1 Å². The summed E-state index contributed by atoms with van der Waals surface area (Å²) in [5, 5.41) is 0. The second-order valence-corrected chi connectivity index (χ2v) is 7.39. The maximum atomic E-state index is 12.4. The summed E-state index contributed by atoms with van der Waals surface area (Å²) in [4.78, 5) is 14.0. The van der Waals surface area contributed by atoms with Crippen molar-refractivity contribution in [2.75, 3.05) is 11.4 Å². The highest BCUT2D eigenvalue weighted by molar-refractivity contribution is 7.89. The molecule has 120 valence electrons. The summed E-state index contributed by atoms with van der Waals surface area (Å²) in [5.41, 5.74) is 1.78. The molecule has 0 unspecified atom stereocenters. The van der Waals surface area contributed by atoms with Gasteiger partial charge in [-0.3, -0.25) is 4.79 Å². The normalized spacial score (nSPS) is 18.4. The third-order valence-electron chi connectivity index (χ3n) is 3.85. The van der Waals surface area contributed by atoms with E-state index in [1.165, 1.54) is 0 Å². The smallest absolute Gasteiger partial charge is 0.240 e. The number of para-hydroxylation sites is 1. The van der Waals surface area contributed by atoms with E-state index in [2.05, 4.69) is 4.72 Å². The van der Waals surface area contributed by atoms with Crippen molar-refractivity contribution in [2.45, 2.75) is 24.3 Å². The molecule has 0 saturated carbocycles. The number of carbonyl (C=O) groups excluding carboxylic acids is 1. The SMILES string of the molecule is Cc1ccc(S(=O)(=O)N[C@H]2CC(=O)N(c3ccccc3)C2)cc1. The van der Waals surface area contributed by atoms with E-state index in [1.54, 1.807) is 29.2 Å². The summed E-state index contributed by atoms with van der Waals surface area (Å²) >= 11 is 0. The zero-order chi connectivity index (χ0) is 16.4. The number of nitrogens with one attached hydrogen (secondary N) is 1. The second kappa shape index (κ2) is 6.14. The van der Waals surface area contributed by atoms with Gasteiger partial charge in [0.05, 0.1) is 4.90 Å². The Morgan fingerprint density at radius 2 is 1.70 bits per heavy atom.